The zero-order valence-corrected chi connectivity index (χ0v) is 19.6. The number of alkyl halides is 3. The van der Waals surface area contributed by atoms with Crippen LogP contribution in [0.15, 0.2) is 22.7 Å². The summed E-state index contributed by atoms with van der Waals surface area (Å²) in [6.07, 6.45) is -0.967. The van der Waals surface area contributed by atoms with Gasteiger partial charge >= 0.3 is 6.36 Å². The Hall–Kier alpha value is -3.43. The lowest BCUT2D eigenvalue weighted by Gasteiger charge is -2.36. The molecule has 190 valence electrons. The van der Waals surface area contributed by atoms with Crippen LogP contribution in [0.2, 0.25) is 0 Å². The van der Waals surface area contributed by atoms with E-state index in [2.05, 4.69) is 25.1 Å². The predicted octanol–water partition coefficient (Wildman–Crippen LogP) is 4.10. The van der Waals surface area contributed by atoms with E-state index in [4.69, 9.17) is 14.2 Å². The molecule has 9 nitrogen and oxygen atoms in total. The molecule has 5 rings (SSSR count). The molecule has 0 bridgehead atoms. The van der Waals surface area contributed by atoms with Crippen LogP contribution >= 0.6 is 0 Å². The maximum absolute atomic E-state index is 12.8. The summed E-state index contributed by atoms with van der Waals surface area (Å²) in [5, 5.41) is 17.7. The predicted molar refractivity (Wildman–Crippen MR) is 123 cm³/mol. The van der Waals surface area contributed by atoms with Gasteiger partial charge in [0, 0.05) is 50.2 Å². The van der Waals surface area contributed by atoms with Crippen molar-refractivity contribution >= 4 is 16.7 Å². The second-order valence-electron chi connectivity index (χ2n) is 9.04. The van der Waals surface area contributed by atoms with E-state index in [1.165, 1.54) is 6.07 Å². The number of nitriles is 1. The van der Waals surface area contributed by atoms with Crippen LogP contribution in [-0.4, -0.2) is 59.9 Å². The molecule has 36 heavy (non-hydrogen) atoms. The molecule has 1 N–H and O–H groups in total. The van der Waals surface area contributed by atoms with Gasteiger partial charge in [0.2, 0.25) is 11.7 Å². The van der Waals surface area contributed by atoms with Crippen molar-refractivity contribution in [2.24, 2.45) is 0 Å². The summed E-state index contributed by atoms with van der Waals surface area (Å²) >= 11 is 0. The summed E-state index contributed by atoms with van der Waals surface area (Å²) in [5.74, 6) is 0.691. The van der Waals surface area contributed by atoms with Crippen LogP contribution in [0.5, 0.6) is 5.75 Å². The fourth-order valence-corrected chi connectivity index (χ4v) is 4.81. The van der Waals surface area contributed by atoms with E-state index in [-0.39, 0.29) is 16.9 Å². The van der Waals surface area contributed by atoms with Crippen LogP contribution in [0.25, 0.3) is 22.3 Å². The number of ether oxygens (including phenoxy) is 2. The van der Waals surface area contributed by atoms with E-state index in [0.29, 0.717) is 47.8 Å². The molecule has 2 saturated heterocycles. The fraction of sp³-hybridized carbons (Fsp3) is 0.500. The van der Waals surface area contributed by atoms with Gasteiger partial charge in [-0.1, -0.05) is 5.16 Å². The lowest BCUT2D eigenvalue weighted by molar-refractivity contribution is -0.274. The Morgan fingerprint density at radius 2 is 1.94 bits per heavy atom. The molecule has 2 fully saturated rings. The number of halogens is 3. The maximum Gasteiger partial charge on any atom is 0.573 e. The third-order valence-electron chi connectivity index (χ3n) is 6.42. The lowest BCUT2D eigenvalue weighted by atomic mass is 10.0. The second-order valence-corrected chi connectivity index (χ2v) is 9.04. The van der Waals surface area contributed by atoms with Crippen molar-refractivity contribution in [1.29, 1.82) is 5.26 Å². The Balaban J connectivity index is 1.48. The summed E-state index contributed by atoms with van der Waals surface area (Å²) in [7, 11) is 0. The standard InChI is InChI=1S/C24H25F3N6O3/c1-14-29-22(32-36-14)20-11-15-9-19(35-24(25,26)27)10-16(12-28)21(15)31-23(20)33-6-4-17(5-7-33)30-18-3-2-8-34-13-18/h9-11,17-18,30H,2-8,13H2,1H3. The van der Waals surface area contributed by atoms with E-state index in [0.717, 1.165) is 45.0 Å². The molecular formula is C24H25F3N6O3. The lowest BCUT2D eigenvalue weighted by Crippen LogP contribution is -2.48. The Labute approximate surface area is 205 Å². The smallest absolute Gasteiger partial charge is 0.406 e. The van der Waals surface area contributed by atoms with Gasteiger partial charge in [0.25, 0.3) is 0 Å². The van der Waals surface area contributed by atoms with Gasteiger partial charge < -0.3 is 24.2 Å². The molecule has 2 aliphatic heterocycles. The zero-order valence-electron chi connectivity index (χ0n) is 19.6. The highest BCUT2D eigenvalue weighted by atomic mass is 19.4. The van der Waals surface area contributed by atoms with Crippen molar-refractivity contribution < 1.29 is 27.2 Å². The van der Waals surface area contributed by atoms with Crippen molar-refractivity contribution in [3.8, 4) is 23.2 Å². The number of aryl methyl sites for hydroxylation is 1. The van der Waals surface area contributed by atoms with Gasteiger partial charge in [-0.3, -0.25) is 0 Å². The number of hydrogen-bond donors (Lipinski definition) is 1. The van der Waals surface area contributed by atoms with Crippen LogP contribution in [-0.2, 0) is 4.74 Å². The minimum absolute atomic E-state index is 0.0160. The van der Waals surface area contributed by atoms with Gasteiger partial charge in [0.1, 0.15) is 17.6 Å². The van der Waals surface area contributed by atoms with Crippen molar-refractivity contribution in [1.82, 2.24) is 20.4 Å². The van der Waals surface area contributed by atoms with Crippen molar-refractivity contribution in [2.75, 3.05) is 31.2 Å². The fourth-order valence-electron chi connectivity index (χ4n) is 4.81. The van der Waals surface area contributed by atoms with Crippen LogP contribution in [0.3, 0.4) is 0 Å². The number of anilines is 1. The summed E-state index contributed by atoms with van der Waals surface area (Å²) in [6.45, 7) is 4.59. The van der Waals surface area contributed by atoms with E-state index >= 15 is 0 Å². The Morgan fingerprint density at radius 3 is 2.58 bits per heavy atom. The van der Waals surface area contributed by atoms with Gasteiger partial charge in [-0.05, 0) is 37.8 Å². The Kier molecular flexibility index (Phi) is 6.68. The number of piperidine rings is 1. The highest BCUT2D eigenvalue weighted by molar-refractivity contribution is 5.92. The monoisotopic (exact) mass is 502 g/mol. The molecule has 3 aromatic rings. The number of rotatable bonds is 5. The molecule has 0 saturated carbocycles. The molecule has 2 aromatic heterocycles. The van der Waals surface area contributed by atoms with Crippen molar-refractivity contribution in [2.45, 2.75) is 51.1 Å². The highest BCUT2D eigenvalue weighted by Crippen LogP contribution is 2.36. The number of nitrogens with one attached hydrogen (secondary N) is 1. The molecule has 1 atom stereocenters. The molecule has 4 heterocycles. The molecule has 2 aliphatic rings. The second kappa shape index (κ2) is 9.91. The number of benzene rings is 1. The average Bonchev–Trinajstić information content (AvgIpc) is 3.29. The molecule has 0 aliphatic carbocycles. The first-order valence-corrected chi connectivity index (χ1v) is 11.8. The summed E-state index contributed by atoms with van der Waals surface area (Å²) in [5.41, 5.74) is 0.780. The largest absolute Gasteiger partial charge is 0.573 e. The third kappa shape index (κ3) is 5.37. The number of nitrogens with zero attached hydrogens (tertiary/aromatic N) is 5. The minimum Gasteiger partial charge on any atom is -0.406 e. The van der Waals surface area contributed by atoms with E-state index in [1.54, 1.807) is 13.0 Å². The van der Waals surface area contributed by atoms with Crippen LogP contribution in [0.1, 0.15) is 37.1 Å². The average molecular weight is 502 g/mol. The molecule has 0 radical (unpaired) electrons. The number of pyridine rings is 1. The number of fused-ring (bicyclic) bond motifs is 1. The van der Waals surface area contributed by atoms with Crippen molar-refractivity contribution in [3.63, 3.8) is 0 Å². The molecule has 1 unspecified atom stereocenters. The molecule has 12 heteroatoms. The summed E-state index contributed by atoms with van der Waals surface area (Å²) < 4.78 is 53.3. The SMILES string of the molecule is Cc1nc(-c2cc3cc(OC(F)(F)F)cc(C#N)c3nc2N2CCC(NC3CCCOC3)CC2)no1. The maximum atomic E-state index is 12.8. The molecule has 1 aromatic carbocycles. The summed E-state index contributed by atoms with van der Waals surface area (Å²) in [4.78, 5) is 11.1. The quantitative estimate of drug-likeness (QED) is 0.551. The van der Waals surface area contributed by atoms with Gasteiger partial charge in [-0.2, -0.15) is 10.2 Å². The summed E-state index contributed by atoms with van der Waals surface area (Å²) in [6, 6.07) is 6.54. The minimum atomic E-state index is -4.89. The third-order valence-corrected chi connectivity index (χ3v) is 6.42. The van der Waals surface area contributed by atoms with E-state index < -0.39 is 12.1 Å². The van der Waals surface area contributed by atoms with Gasteiger partial charge in [0.15, 0.2) is 0 Å². The first-order valence-electron chi connectivity index (χ1n) is 11.8. The Morgan fingerprint density at radius 1 is 1.14 bits per heavy atom. The van der Waals surface area contributed by atoms with Gasteiger partial charge in [-0.15, -0.1) is 13.2 Å². The van der Waals surface area contributed by atoms with Crippen LogP contribution in [0.4, 0.5) is 19.0 Å². The van der Waals surface area contributed by atoms with Crippen molar-refractivity contribution in [3.05, 3.63) is 29.7 Å². The van der Waals surface area contributed by atoms with E-state index in [9.17, 15) is 18.4 Å². The zero-order chi connectivity index (χ0) is 25.3. The van der Waals surface area contributed by atoms with Gasteiger partial charge in [-0.25, -0.2) is 4.98 Å². The number of aromatic nitrogens is 3. The van der Waals surface area contributed by atoms with Gasteiger partial charge in [0.05, 0.1) is 23.3 Å². The molecule has 0 spiro atoms. The van der Waals surface area contributed by atoms with Crippen LogP contribution < -0.4 is 15.0 Å². The first-order chi connectivity index (χ1) is 17.3. The Bertz CT molecular complexity index is 1270. The first kappa shape index (κ1) is 24.3. The number of hydrogen-bond acceptors (Lipinski definition) is 9. The van der Waals surface area contributed by atoms with Crippen LogP contribution in [0, 0.1) is 18.3 Å². The van der Waals surface area contributed by atoms with E-state index in [1.807, 2.05) is 6.07 Å². The molecular weight excluding hydrogens is 477 g/mol. The molecule has 0 amide bonds. The topological polar surface area (TPSA) is 109 Å². The highest BCUT2D eigenvalue weighted by Gasteiger charge is 2.32. The normalized spacial score (nSPS) is 19.4.